The lowest BCUT2D eigenvalue weighted by atomic mass is 10.0. The molecule has 2 N–H and O–H groups in total. The molecule has 0 saturated heterocycles. The minimum absolute atomic E-state index is 0.0116. The molecular weight excluding hydrogens is 368 g/mol. The smallest absolute Gasteiger partial charge is 0.264 e. The number of benzene rings is 2. The van der Waals surface area contributed by atoms with E-state index in [4.69, 9.17) is 0 Å². The van der Waals surface area contributed by atoms with Gasteiger partial charge in [-0.25, -0.2) is 18.2 Å². The summed E-state index contributed by atoms with van der Waals surface area (Å²) in [6.07, 6.45) is 3.05. The quantitative estimate of drug-likeness (QED) is 0.280. The van der Waals surface area contributed by atoms with Crippen molar-refractivity contribution in [3.63, 3.8) is 0 Å². The summed E-state index contributed by atoms with van der Waals surface area (Å²) in [6.45, 7) is 1.74. The van der Waals surface area contributed by atoms with Gasteiger partial charge < -0.3 is 0 Å². The number of carbonyl (C=O) groups excluding carboxylic acids is 2. The molecule has 8 heteroatoms. The summed E-state index contributed by atoms with van der Waals surface area (Å²) in [5.41, 5.74) is 0. The third-order valence-corrected chi connectivity index (χ3v) is 5.74. The Kier molecular flexibility index (Phi) is 7.32. The summed E-state index contributed by atoms with van der Waals surface area (Å²) in [7, 11) is -4.09. The standard InChI is InChI=1S/C19H24N2O5S/c1-2-3-4-9-16(13-21(24)14-22)19(23)20-27(25,26)18-12-7-10-15-8-5-6-11-17(15)18/h5-8,10-12,14,16,24H,2-4,9,13H2,1H3,(H,20,23). The Morgan fingerprint density at radius 2 is 1.89 bits per heavy atom. The zero-order valence-electron chi connectivity index (χ0n) is 15.2. The highest BCUT2D eigenvalue weighted by Crippen LogP contribution is 2.23. The second-order valence-corrected chi connectivity index (χ2v) is 8.02. The number of rotatable bonds is 10. The molecule has 7 nitrogen and oxygen atoms in total. The molecule has 0 saturated carbocycles. The Morgan fingerprint density at radius 3 is 2.59 bits per heavy atom. The van der Waals surface area contributed by atoms with E-state index in [-0.39, 0.29) is 17.9 Å². The number of unbranched alkanes of at least 4 members (excludes halogenated alkanes) is 2. The molecule has 0 aliphatic heterocycles. The predicted octanol–water partition coefficient (Wildman–Crippen LogP) is 2.69. The molecule has 2 rings (SSSR count). The van der Waals surface area contributed by atoms with Gasteiger partial charge in [0.1, 0.15) is 0 Å². The van der Waals surface area contributed by atoms with E-state index < -0.39 is 21.8 Å². The summed E-state index contributed by atoms with van der Waals surface area (Å²) in [4.78, 5) is 23.3. The van der Waals surface area contributed by atoms with Crippen LogP contribution in [0, 0.1) is 5.92 Å². The number of nitrogens with zero attached hydrogens (tertiary/aromatic N) is 1. The fraction of sp³-hybridized carbons (Fsp3) is 0.368. The van der Waals surface area contributed by atoms with E-state index in [1.807, 2.05) is 6.92 Å². The molecule has 0 aliphatic rings. The van der Waals surface area contributed by atoms with Crippen LogP contribution >= 0.6 is 0 Å². The van der Waals surface area contributed by atoms with Gasteiger partial charge in [-0.2, -0.15) is 0 Å². The van der Waals surface area contributed by atoms with Crippen LogP contribution in [0.2, 0.25) is 0 Å². The largest absolute Gasteiger partial charge is 0.286 e. The third-order valence-electron chi connectivity index (χ3n) is 4.33. The van der Waals surface area contributed by atoms with E-state index in [9.17, 15) is 23.2 Å². The van der Waals surface area contributed by atoms with E-state index in [0.717, 1.165) is 18.2 Å². The maximum atomic E-state index is 12.8. The van der Waals surface area contributed by atoms with Crippen molar-refractivity contribution in [2.75, 3.05) is 6.54 Å². The van der Waals surface area contributed by atoms with Crippen molar-refractivity contribution in [3.05, 3.63) is 42.5 Å². The molecule has 0 heterocycles. The van der Waals surface area contributed by atoms with Crippen LogP contribution in [0.1, 0.15) is 32.6 Å². The molecule has 0 radical (unpaired) electrons. The molecule has 0 aromatic heterocycles. The number of amides is 2. The van der Waals surface area contributed by atoms with Crippen molar-refractivity contribution in [2.24, 2.45) is 5.92 Å². The molecule has 0 bridgehead atoms. The van der Waals surface area contributed by atoms with Crippen LogP contribution in [0.25, 0.3) is 10.8 Å². The van der Waals surface area contributed by atoms with E-state index in [1.165, 1.54) is 6.07 Å². The summed E-state index contributed by atoms with van der Waals surface area (Å²) in [5, 5.41) is 11.0. The Labute approximate surface area is 159 Å². The fourth-order valence-electron chi connectivity index (χ4n) is 2.92. The maximum Gasteiger partial charge on any atom is 0.264 e. The fourth-order valence-corrected chi connectivity index (χ4v) is 4.19. The van der Waals surface area contributed by atoms with Crippen LogP contribution in [0.4, 0.5) is 0 Å². The number of hydrogen-bond acceptors (Lipinski definition) is 5. The number of fused-ring (bicyclic) bond motifs is 1. The van der Waals surface area contributed by atoms with Gasteiger partial charge in [-0.15, -0.1) is 0 Å². The highest BCUT2D eigenvalue weighted by atomic mass is 32.2. The predicted molar refractivity (Wildman–Crippen MR) is 101 cm³/mol. The molecule has 1 atom stereocenters. The minimum Gasteiger partial charge on any atom is -0.286 e. The molecule has 2 aromatic carbocycles. The van der Waals surface area contributed by atoms with E-state index in [1.54, 1.807) is 36.4 Å². The van der Waals surface area contributed by atoms with Crippen LogP contribution in [0.15, 0.2) is 47.4 Å². The summed E-state index contributed by atoms with van der Waals surface area (Å²) >= 11 is 0. The number of carbonyl (C=O) groups is 2. The first-order chi connectivity index (χ1) is 12.9. The van der Waals surface area contributed by atoms with Crippen molar-refractivity contribution in [1.82, 2.24) is 9.79 Å². The van der Waals surface area contributed by atoms with Crippen molar-refractivity contribution >= 4 is 33.1 Å². The summed E-state index contributed by atoms with van der Waals surface area (Å²) < 4.78 is 27.6. The normalized spacial score (nSPS) is 12.5. The SMILES string of the molecule is CCCCCC(CN(O)C=O)C(=O)NS(=O)(=O)c1cccc2ccccc12. The first kappa shape index (κ1) is 20.9. The highest BCUT2D eigenvalue weighted by Gasteiger charge is 2.26. The molecule has 2 aromatic rings. The van der Waals surface area contributed by atoms with Gasteiger partial charge in [0.05, 0.1) is 17.4 Å². The lowest BCUT2D eigenvalue weighted by molar-refractivity contribution is -0.154. The molecular formula is C19H24N2O5S. The van der Waals surface area contributed by atoms with Gasteiger partial charge in [0.2, 0.25) is 12.3 Å². The zero-order valence-corrected chi connectivity index (χ0v) is 16.0. The molecule has 1 unspecified atom stereocenters. The van der Waals surface area contributed by atoms with Gasteiger partial charge in [0, 0.05) is 5.39 Å². The van der Waals surface area contributed by atoms with E-state index >= 15 is 0 Å². The Hall–Kier alpha value is -2.45. The molecule has 27 heavy (non-hydrogen) atoms. The van der Waals surface area contributed by atoms with Crippen molar-refractivity contribution in [2.45, 2.75) is 37.5 Å². The average Bonchev–Trinajstić information content (AvgIpc) is 2.66. The van der Waals surface area contributed by atoms with Gasteiger partial charge in [-0.1, -0.05) is 62.6 Å². The number of sulfonamides is 1. The van der Waals surface area contributed by atoms with Gasteiger partial charge in [0.25, 0.3) is 10.0 Å². The molecule has 146 valence electrons. The summed E-state index contributed by atoms with van der Waals surface area (Å²) in [5.74, 6) is -1.56. The molecule has 2 amide bonds. The Morgan fingerprint density at radius 1 is 1.19 bits per heavy atom. The van der Waals surface area contributed by atoms with Crippen LogP contribution in [-0.4, -0.2) is 37.6 Å². The maximum absolute atomic E-state index is 12.8. The van der Waals surface area contributed by atoms with Crippen LogP contribution in [0.3, 0.4) is 0 Å². The van der Waals surface area contributed by atoms with Crippen LogP contribution in [-0.2, 0) is 19.6 Å². The Balaban J connectivity index is 2.24. The first-order valence-corrected chi connectivity index (χ1v) is 10.3. The third kappa shape index (κ3) is 5.51. The van der Waals surface area contributed by atoms with Gasteiger partial charge in [-0.05, 0) is 17.9 Å². The van der Waals surface area contributed by atoms with E-state index in [0.29, 0.717) is 23.3 Å². The monoisotopic (exact) mass is 392 g/mol. The highest BCUT2D eigenvalue weighted by molar-refractivity contribution is 7.90. The molecule has 0 spiro atoms. The lowest BCUT2D eigenvalue weighted by Crippen LogP contribution is -2.40. The van der Waals surface area contributed by atoms with E-state index in [2.05, 4.69) is 4.72 Å². The van der Waals surface area contributed by atoms with Gasteiger partial charge >= 0.3 is 0 Å². The second-order valence-electron chi connectivity index (χ2n) is 6.37. The lowest BCUT2D eigenvalue weighted by Gasteiger charge is -2.19. The first-order valence-electron chi connectivity index (χ1n) is 8.84. The van der Waals surface area contributed by atoms with Crippen molar-refractivity contribution in [3.8, 4) is 0 Å². The minimum atomic E-state index is -4.09. The average molecular weight is 392 g/mol. The number of nitrogens with one attached hydrogen (secondary N) is 1. The molecule has 0 aliphatic carbocycles. The van der Waals surface area contributed by atoms with Gasteiger partial charge in [-0.3, -0.25) is 14.8 Å². The summed E-state index contributed by atoms with van der Waals surface area (Å²) in [6, 6.07) is 11.8. The van der Waals surface area contributed by atoms with Crippen molar-refractivity contribution in [1.29, 1.82) is 0 Å². The second kappa shape index (κ2) is 9.48. The van der Waals surface area contributed by atoms with Crippen LogP contribution in [0.5, 0.6) is 0 Å². The van der Waals surface area contributed by atoms with Gasteiger partial charge in [0.15, 0.2) is 0 Å². The number of hydrogen-bond donors (Lipinski definition) is 2. The van der Waals surface area contributed by atoms with Crippen LogP contribution < -0.4 is 4.72 Å². The zero-order chi connectivity index (χ0) is 19.9. The molecule has 0 fully saturated rings. The Bertz CT molecular complexity index is 893. The topological polar surface area (TPSA) is 104 Å². The van der Waals surface area contributed by atoms with Crippen molar-refractivity contribution < 1.29 is 23.2 Å². The number of hydroxylamine groups is 2.